The van der Waals surface area contributed by atoms with Gasteiger partial charge in [-0.1, -0.05) is 41.9 Å². The van der Waals surface area contributed by atoms with E-state index in [0.29, 0.717) is 17.0 Å². The van der Waals surface area contributed by atoms with E-state index in [1.807, 2.05) is 30.4 Å². The van der Waals surface area contributed by atoms with Gasteiger partial charge in [0.25, 0.3) is 0 Å². The molecule has 2 amide bonds. The molecular weight excluding hydrogens is 519 g/mol. The fraction of sp³-hybridized carbons (Fsp3) is 0.217. The lowest BCUT2D eigenvalue weighted by Crippen LogP contribution is -2.55. The van der Waals surface area contributed by atoms with Crippen molar-refractivity contribution < 1.29 is 17.7 Å². The molecule has 1 atom stereocenters. The number of nitrogens with two attached hydrogens (primary N) is 1. The molecule has 0 fully saturated rings. The van der Waals surface area contributed by atoms with E-state index in [9.17, 15) is 13.2 Å². The van der Waals surface area contributed by atoms with E-state index in [4.69, 9.17) is 17.3 Å². The second kappa shape index (κ2) is 12.5. The smallest absolute Gasteiger partial charge is 0.319 e. The number of fused-ring (bicyclic) bond motifs is 1. The summed E-state index contributed by atoms with van der Waals surface area (Å²) in [6.45, 7) is 0.673. The van der Waals surface area contributed by atoms with Crippen LogP contribution in [0.4, 0.5) is 4.79 Å². The molecule has 2 aromatic carbocycles. The number of hydrogen-bond donors (Lipinski definition) is 1. The van der Waals surface area contributed by atoms with Crippen LogP contribution in [0.3, 0.4) is 0 Å². The molecule has 0 aliphatic rings. The minimum Gasteiger partial charge on any atom is -0.319 e. The fourth-order valence-corrected chi connectivity index (χ4v) is 4.75. The van der Waals surface area contributed by atoms with Crippen LogP contribution in [0.1, 0.15) is 5.56 Å². The Morgan fingerprint density at radius 2 is 1.82 bits per heavy atom. The van der Waals surface area contributed by atoms with Crippen molar-refractivity contribution in [3.8, 4) is 0 Å². The summed E-state index contributed by atoms with van der Waals surface area (Å²) in [6, 6.07) is 13.5. The molecule has 2 N–H and O–H groups in total. The first-order valence-corrected chi connectivity index (χ1v) is 11.8. The van der Waals surface area contributed by atoms with E-state index in [1.165, 1.54) is 11.4 Å². The zero-order valence-electron chi connectivity index (χ0n) is 18.8. The number of pyridine rings is 1. The van der Waals surface area contributed by atoms with Gasteiger partial charge < -0.3 is 5.73 Å². The molecule has 0 saturated heterocycles. The van der Waals surface area contributed by atoms with Gasteiger partial charge in [0.2, 0.25) is 10.0 Å². The average molecular weight is 547 g/mol. The Kier molecular flexibility index (Phi) is 11.0. The van der Waals surface area contributed by atoms with Gasteiger partial charge >= 0.3 is 6.03 Å². The summed E-state index contributed by atoms with van der Waals surface area (Å²) in [6.07, 6.45) is 6.92. The Hall–Kier alpha value is -2.20. The summed E-state index contributed by atoms with van der Waals surface area (Å²) in [5.41, 5.74) is 6.60. The van der Waals surface area contributed by atoms with E-state index in [0.717, 1.165) is 10.9 Å². The predicted molar refractivity (Wildman–Crippen MR) is 142 cm³/mol. The summed E-state index contributed by atoms with van der Waals surface area (Å²) in [5, 5.41) is 1.99. The third kappa shape index (κ3) is 6.91. The van der Waals surface area contributed by atoms with Gasteiger partial charge in [0.1, 0.15) is 13.1 Å². The number of sulfonamides is 1. The number of amides is 2. The molecule has 0 saturated carbocycles. The number of carbonyl (C=O) groups is 1. The number of primary amides is 1. The zero-order valence-corrected chi connectivity index (χ0v) is 22.0. The van der Waals surface area contributed by atoms with Crippen LogP contribution in [0.2, 0.25) is 5.02 Å². The molecule has 3 rings (SSSR count). The molecule has 34 heavy (non-hydrogen) atoms. The van der Waals surface area contributed by atoms with Gasteiger partial charge in [-0.05, 0) is 35.9 Å². The molecule has 184 valence electrons. The number of rotatable bonds is 8. The number of carbonyl (C=O) groups excluding carboxylic acids is 1. The third-order valence-electron chi connectivity index (χ3n) is 5.46. The quantitative estimate of drug-likeness (QED) is 0.418. The summed E-state index contributed by atoms with van der Waals surface area (Å²) in [7, 11) is -0.571. The predicted octanol–water partition coefficient (Wildman–Crippen LogP) is 4.59. The fourth-order valence-electron chi connectivity index (χ4n) is 3.25. The van der Waals surface area contributed by atoms with E-state index < -0.39 is 16.1 Å². The molecule has 7 nitrogen and oxygen atoms in total. The van der Waals surface area contributed by atoms with Crippen LogP contribution in [-0.4, -0.2) is 62.0 Å². The topological polar surface area (TPSA) is 93.4 Å². The SMILES string of the molecule is CN(CC[N+](C)(CC=Cc1ccc(Cl)cc1)C(N)=O)S(=O)(=O)c1cccc2cnccc12.Cl.Cl. The molecule has 0 bridgehead atoms. The van der Waals surface area contributed by atoms with Crippen molar-refractivity contribution in [3.05, 3.63) is 77.6 Å². The standard InChI is InChI=1S/C23H25ClN4O3S.2ClH/c1-27(32(30,31)22-7-3-6-19-17-26-13-12-21(19)22)14-16-28(2,23(25)29)15-4-5-18-8-10-20(24)11-9-18;;/h3-13,17H,14-16H2,1-2H3,(H-,25,29);2*1H/p+1. The Balaban J connectivity index is 0.00000289. The number of aromatic nitrogens is 1. The molecule has 11 heteroatoms. The zero-order chi connectivity index (χ0) is 23.4. The van der Waals surface area contributed by atoms with Crippen molar-refractivity contribution in [1.29, 1.82) is 0 Å². The van der Waals surface area contributed by atoms with E-state index in [1.54, 1.807) is 49.8 Å². The van der Waals surface area contributed by atoms with E-state index in [-0.39, 0.29) is 47.3 Å². The largest absolute Gasteiger partial charge is 0.414 e. The van der Waals surface area contributed by atoms with Gasteiger partial charge in [-0.2, -0.15) is 4.31 Å². The van der Waals surface area contributed by atoms with Crippen molar-refractivity contribution >= 4 is 69.3 Å². The van der Waals surface area contributed by atoms with Crippen LogP contribution in [0.15, 0.2) is 71.9 Å². The van der Waals surface area contributed by atoms with Crippen LogP contribution in [0, 0.1) is 0 Å². The Labute approximate surface area is 217 Å². The van der Waals surface area contributed by atoms with Crippen molar-refractivity contribution in [2.75, 3.05) is 33.7 Å². The molecule has 1 heterocycles. The number of halogens is 3. The summed E-state index contributed by atoms with van der Waals surface area (Å²) in [4.78, 5) is 16.4. The lowest BCUT2D eigenvalue weighted by Gasteiger charge is -2.30. The van der Waals surface area contributed by atoms with Crippen LogP contribution < -0.4 is 5.73 Å². The second-order valence-electron chi connectivity index (χ2n) is 7.77. The van der Waals surface area contributed by atoms with Gasteiger partial charge in [0, 0.05) is 35.2 Å². The number of hydrogen-bond acceptors (Lipinski definition) is 4. The van der Waals surface area contributed by atoms with Gasteiger partial charge in [-0.25, -0.2) is 17.7 Å². The van der Waals surface area contributed by atoms with Crippen molar-refractivity contribution in [2.24, 2.45) is 5.73 Å². The number of nitrogens with zero attached hydrogens (tertiary/aromatic N) is 3. The molecule has 3 aromatic rings. The highest BCUT2D eigenvalue weighted by Crippen LogP contribution is 2.24. The van der Waals surface area contributed by atoms with Gasteiger partial charge in [0.15, 0.2) is 0 Å². The monoisotopic (exact) mass is 545 g/mol. The van der Waals surface area contributed by atoms with E-state index >= 15 is 0 Å². The molecular formula is C23H28Cl3N4O3S+. The van der Waals surface area contributed by atoms with Crippen LogP contribution in [0.5, 0.6) is 0 Å². The lowest BCUT2D eigenvalue weighted by molar-refractivity contribution is -0.822. The first-order valence-electron chi connectivity index (χ1n) is 9.99. The van der Waals surface area contributed by atoms with Crippen LogP contribution in [0.25, 0.3) is 16.8 Å². The number of quaternary nitrogens is 1. The molecule has 0 radical (unpaired) electrons. The number of likely N-dealkylation sites (N-methyl/N-ethyl adjacent to an activating group) is 2. The Bertz CT molecular complexity index is 1250. The molecule has 0 aliphatic carbocycles. The maximum Gasteiger partial charge on any atom is 0.414 e. The summed E-state index contributed by atoms with van der Waals surface area (Å²) in [5.74, 6) is 0. The normalized spacial score (nSPS) is 13.3. The highest BCUT2D eigenvalue weighted by Gasteiger charge is 2.31. The highest BCUT2D eigenvalue weighted by molar-refractivity contribution is 7.89. The number of benzene rings is 2. The van der Waals surface area contributed by atoms with Crippen LogP contribution >= 0.6 is 36.4 Å². The summed E-state index contributed by atoms with van der Waals surface area (Å²) < 4.78 is 27.6. The summed E-state index contributed by atoms with van der Waals surface area (Å²) >= 11 is 5.90. The van der Waals surface area contributed by atoms with Crippen LogP contribution in [-0.2, 0) is 10.0 Å². The molecule has 1 aromatic heterocycles. The molecule has 1 unspecified atom stereocenters. The third-order valence-corrected chi connectivity index (χ3v) is 7.63. The number of urea groups is 1. The Morgan fingerprint density at radius 1 is 1.15 bits per heavy atom. The van der Waals surface area contributed by atoms with Gasteiger partial charge in [-0.3, -0.25) is 4.98 Å². The lowest BCUT2D eigenvalue weighted by atomic mass is 10.2. The minimum absolute atomic E-state index is 0. The minimum atomic E-state index is -3.77. The Morgan fingerprint density at radius 3 is 2.47 bits per heavy atom. The first-order chi connectivity index (χ1) is 15.1. The maximum atomic E-state index is 13.2. The first kappa shape index (κ1) is 29.8. The second-order valence-corrected chi connectivity index (χ2v) is 10.2. The van der Waals surface area contributed by atoms with Crippen molar-refractivity contribution in [2.45, 2.75) is 4.90 Å². The average Bonchev–Trinajstić information content (AvgIpc) is 2.78. The van der Waals surface area contributed by atoms with Gasteiger partial charge in [-0.15, -0.1) is 24.8 Å². The van der Waals surface area contributed by atoms with Crippen molar-refractivity contribution in [3.63, 3.8) is 0 Å². The maximum absolute atomic E-state index is 13.2. The van der Waals surface area contributed by atoms with Crippen molar-refractivity contribution in [1.82, 2.24) is 9.29 Å². The highest BCUT2D eigenvalue weighted by atomic mass is 35.5. The van der Waals surface area contributed by atoms with Gasteiger partial charge in [0.05, 0.1) is 18.5 Å². The van der Waals surface area contributed by atoms with E-state index in [2.05, 4.69) is 4.98 Å². The molecule has 0 aliphatic heterocycles. The molecule has 0 spiro atoms.